The van der Waals surface area contributed by atoms with Gasteiger partial charge in [-0.2, -0.15) is 0 Å². The van der Waals surface area contributed by atoms with Gasteiger partial charge in [0.1, 0.15) is 5.82 Å². The normalized spacial score (nSPS) is 20.2. The van der Waals surface area contributed by atoms with Crippen molar-refractivity contribution in [1.82, 2.24) is 15.5 Å². The number of amides is 1. The lowest BCUT2D eigenvalue weighted by molar-refractivity contribution is -0.122. The summed E-state index contributed by atoms with van der Waals surface area (Å²) in [6, 6.07) is 6.07. The van der Waals surface area contributed by atoms with Gasteiger partial charge in [0, 0.05) is 26.2 Å². The Labute approximate surface area is 137 Å². The maximum absolute atomic E-state index is 12.8. The molecule has 0 aromatic heterocycles. The Morgan fingerprint density at radius 2 is 2.17 bits per heavy atom. The Balaban J connectivity index is 1.63. The van der Waals surface area contributed by atoms with Gasteiger partial charge in [0.05, 0.1) is 18.8 Å². The van der Waals surface area contributed by atoms with Crippen LogP contribution >= 0.6 is 0 Å². The Morgan fingerprint density at radius 1 is 1.43 bits per heavy atom. The van der Waals surface area contributed by atoms with Gasteiger partial charge in [-0.25, -0.2) is 4.39 Å². The van der Waals surface area contributed by atoms with Crippen LogP contribution in [0.15, 0.2) is 24.3 Å². The van der Waals surface area contributed by atoms with Crippen LogP contribution in [-0.4, -0.2) is 62.8 Å². The van der Waals surface area contributed by atoms with Gasteiger partial charge in [0.2, 0.25) is 5.91 Å². The number of hydrogen-bond donors (Lipinski definition) is 2. The summed E-state index contributed by atoms with van der Waals surface area (Å²) in [5.74, 6) is -0.275. The molecule has 1 saturated heterocycles. The summed E-state index contributed by atoms with van der Waals surface area (Å²) in [7, 11) is 2.07. The molecule has 0 spiro atoms. The molecule has 1 aliphatic rings. The molecule has 1 aromatic carbocycles. The van der Waals surface area contributed by atoms with Gasteiger partial charge >= 0.3 is 0 Å². The molecule has 0 aliphatic carbocycles. The lowest BCUT2D eigenvalue weighted by atomic mass is 10.1. The first-order valence-electron chi connectivity index (χ1n) is 8.10. The van der Waals surface area contributed by atoms with E-state index in [1.165, 1.54) is 12.1 Å². The summed E-state index contributed by atoms with van der Waals surface area (Å²) in [4.78, 5) is 14.3. The van der Waals surface area contributed by atoms with Crippen LogP contribution in [-0.2, 0) is 16.0 Å². The molecule has 1 fully saturated rings. The van der Waals surface area contributed by atoms with E-state index in [0.29, 0.717) is 19.5 Å². The van der Waals surface area contributed by atoms with E-state index in [2.05, 4.69) is 22.6 Å². The molecule has 2 N–H and O–H groups in total. The molecule has 0 saturated carbocycles. The first-order valence-corrected chi connectivity index (χ1v) is 8.10. The topological polar surface area (TPSA) is 53.6 Å². The van der Waals surface area contributed by atoms with Crippen LogP contribution in [0.4, 0.5) is 4.39 Å². The average Bonchev–Trinajstić information content (AvgIpc) is 2.54. The summed E-state index contributed by atoms with van der Waals surface area (Å²) < 4.78 is 18.5. The van der Waals surface area contributed by atoms with Crippen molar-refractivity contribution in [2.45, 2.75) is 25.5 Å². The molecular weight excluding hydrogens is 297 g/mol. The molecule has 1 heterocycles. The number of carbonyl (C=O) groups is 1. The molecule has 1 aliphatic heterocycles. The quantitative estimate of drug-likeness (QED) is 0.779. The van der Waals surface area contributed by atoms with Crippen LogP contribution in [0.2, 0.25) is 0 Å². The summed E-state index contributed by atoms with van der Waals surface area (Å²) in [6.07, 6.45) is 0.818. The zero-order valence-corrected chi connectivity index (χ0v) is 13.8. The molecule has 1 amide bonds. The maximum Gasteiger partial charge on any atom is 0.236 e. The third kappa shape index (κ3) is 6.25. The summed E-state index contributed by atoms with van der Waals surface area (Å²) in [5.41, 5.74) is 1.01. The van der Waals surface area contributed by atoms with Crippen molar-refractivity contribution < 1.29 is 13.9 Å². The largest absolute Gasteiger partial charge is 0.374 e. The molecule has 0 unspecified atom stereocenters. The van der Waals surface area contributed by atoms with Crippen molar-refractivity contribution in [1.29, 1.82) is 0 Å². The van der Waals surface area contributed by atoms with E-state index in [0.717, 1.165) is 25.3 Å². The van der Waals surface area contributed by atoms with Crippen molar-refractivity contribution >= 4 is 5.91 Å². The molecule has 2 atom stereocenters. The Bertz CT molecular complexity index is 495. The number of benzene rings is 1. The number of rotatable bonds is 7. The van der Waals surface area contributed by atoms with E-state index in [9.17, 15) is 9.18 Å². The average molecular weight is 323 g/mol. The SMILES string of the molecule is C[C@@H](NC[C@@H]1CN(C)CCO1)C(=O)NCCc1ccc(F)cc1. The van der Waals surface area contributed by atoms with Gasteiger partial charge in [0.25, 0.3) is 0 Å². The first kappa shape index (κ1) is 17.8. The zero-order valence-electron chi connectivity index (χ0n) is 13.8. The van der Waals surface area contributed by atoms with Gasteiger partial charge in [-0.1, -0.05) is 12.1 Å². The van der Waals surface area contributed by atoms with Gasteiger partial charge in [-0.3, -0.25) is 4.79 Å². The second kappa shape index (κ2) is 8.96. The smallest absolute Gasteiger partial charge is 0.236 e. The highest BCUT2D eigenvalue weighted by Crippen LogP contribution is 2.03. The van der Waals surface area contributed by atoms with Crippen LogP contribution in [0.3, 0.4) is 0 Å². The highest BCUT2D eigenvalue weighted by molar-refractivity contribution is 5.81. The highest BCUT2D eigenvalue weighted by Gasteiger charge is 2.19. The molecular formula is C17H26FN3O2. The second-order valence-corrected chi connectivity index (χ2v) is 6.05. The molecule has 6 heteroatoms. The van der Waals surface area contributed by atoms with Gasteiger partial charge < -0.3 is 20.3 Å². The van der Waals surface area contributed by atoms with Crippen molar-refractivity contribution in [3.63, 3.8) is 0 Å². The van der Waals surface area contributed by atoms with Crippen LogP contribution in [0.5, 0.6) is 0 Å². The predicted molar refractivity (Wildman–Crippen MR) is 87.8 cm³/mol. The van der Waals surface area contributed by atoms with Crippen LogP contribution in [0.1, 0.15) is 12.5 Å². The Kier molecular flexibility index (Phi) is 6.95. The van der Waals surface area contributed by atoms with Crippen molar-refractivity contribution in [2.75, 3.05) is 39.8 Å². The summed E-state index contributed by atoms with van der Waals surface area (Å²) in [5, 5.41) is 6.11. The van der Waals surface area contributed by atoms with E-state index >= 15 is 0 Å². The Hall–Kier alpha value is -1.50. The number of ether oxygens (including phenoxy) is 1. The number of halogens is 1. The maximum atomic E-state index is 12.8. The van der Waals surface area contributed by atoms with E-state index in [4.69, 9.17) is 4.74 Å². The fourth-order valence-electron chi connectivity index (χ4n) is 2.53. The van der Waals surface area contributed by atoms with Crippen LogP contribution < -0.4 is 10.6 Å². The third-order valence-electron chi connectivity index (χ3n) is 4.01. The van der Waals surface area contributed by atoms with E-state index < -0.39 is 0 Å². The fourth-order valence-corrected chi connectivity index (χ4v) is 2.53. The highest BCUT2D eigenvalue weighted by atomic mass is 19.1. The molecule has 1 aromatic rings. The minimum absolute atomic E-state index is 0.0312. The third-order valence-corrected chi connectivity index (χ3v) is 4.01. The van der Waals surface area contributed by atoms with Crippen LogP contribution in [0.25, 0.3) is 0 Å². The fraction of sp³-hybridized carbons (Fsp3) is 0.588. The van der Waals surface area contributed by atoms with Crippen molar-refractivity contribution in [3.8, 4) is 0 Å². The summed E-state index contributed by atoms with van der Waals surface area (Å²) in [6.45, 7) is 5.62. The zero-order chi connectivity index (χ0) is 16.7. The summed E-state index contributed by atoms with van der Waals surface area (Å²) >= 11 is 0. The second-order valence-electron chi connectivity index (χ2n) is 6.05. The molecule has 2 rings (SSSR count). The van der Waals surface area contributed by atoms with E-state index in [-0.39, 0.29) is 23.9 Å². The standard InChI is InChI=1S/C17H26FN3O2/c1-13(20-11-16-12-21(2)9-10-23-16)17(22)19-8-7-14-3-5-15(18)6-4-14/h3-6,13,16,20H,7-12H2,1-2H3,(H,19,22)/t13-,16-/m1/s1. The minimum Gasteiger partial charge on any atom is -0.374 e. The molecule has 5 nitrogen and oxygen atoms in total. The van der Waals surface area contributed by atoms with Crippen LogP contribution in [0, 0.1) is 5.82 Å². The lowest BCUT2D eigenvalue weighted by Crippen LogP contribution is -2.49. The van der Waals surface area contributed by atoms with Gasteiger partial charge in [0.15, 0.2) is 0 Å². The van der Waals surface area contributed by atoms with Crippen molar-refractivity contribution in [2.24, 2.45) is 0 Å². The van der Waals surface area contributed by atoms with Gasteiger partial charge in [-0.15, -0.1) is 0 Å². The number of nitrogens with zero attached hydrogens (tertiary/aromatic N) is 1. The van der Waals surface area contributed by atoms with Crippen molar-refractivity contribution in [3.05, 3.63) is 35.6 Å². The molecule has 128 valence electrons. The first-order chi connectivity index (χ1) is 11.0. The number of nitrogens with one attached hydrogen (secondary N) is 2. The predicted octanol–water partition coefficient (Wildman–Crippen LogP) is 0.793. The molecule has 23 heavy (non-hydrogen) atoms. The lowest BCUT2D eigenvalue weighted by Gasteiger charge is -2.30. The monoisotopic (exact) mass is 323 g/mol. The number of carbonyl (C=O) groups excluding carboxylic acids is 1. The molecule has 0 radical (unpaired) electrons. The van der Waals surface area contributed by atoms with E-state index in [1.807, 2.05) is 6.92 Å². The van der Waals surface area contributed by atoms with E-state index in [1.54, 1.807) is 12.1 Å². The Morgan fingerprint density at radius 3 is 2.87 bits per heavy atom. The number of hydrogen-bond acceptors (Lipinski definition) is 4. The number of likely N-dealkylation sites (N-methyl/N-ethyl adjacent to an activating group) is 1. The number of morpholine rings is 1. The minimum atomic E-state index is -0.265. The molecule has 0 bridgehead atoms. The van der Waals surface area contributed by atoms with Gasteiger partial charge in [-0.05, 0) is 38.1 Å².